The van der Waals surface area contributed by atoms with Gasteiger partial charge in [0.25, 0.3) is 0 Å². The molecule has 2 aliphatic rings. The number of nitrogens with one attached hydrogen (secondary N) is 1. The number of benzene rings is 2. The second-order valence-corrected chi connectivity index (χ2v) is 11.0. The summed E-state index contributed by atoms with van der Waals surface area (Å²) in [7, 11) is 0.750. The number of hydrogen-bond acceptors (Lipinski definition) is 0. The van der Waals surface area contributed by atoms with Crippen LogP contribution in [0.4, 0.5) is 0 Å². The molecule has 1 N–H and O–H groups in total. The van der Waals surface area contributed by atoms with E-state index in [2.05, 4.69) is 95.4 Å². The van der Waals surface area contributed by atoms with E-state index in [1.54, 1.807) is 0 Å². The van der Waals surface area contributed by atoms with Crippen molar-refractivity contribution in [3.05, 3.63) is 89.2 Å². The third-order valence-electron chi connectivity index (χ3n) is 6.72. The van der Waals surface area contributed by atoms with Crippen molar-refractivity contribution < 1.29 is 26.2 Å². The molecule has 4 rings (SSSR count). The fourth-order valence-corrected chi connectivity index (χ4v) is 4.23. The van der Waals surface area contributed by atoms with E-state index in [9.17, 15) is 0 Å². The second kappa shape index (κ2) is 22.0. The Bertz CT molecular complexity index is 797. The van der Waals surface area contributed by atoms with Crippen molar-refractivity contribution in [1.82, 2.24) is 0 Å². The molecule has 0 heterocycles. The molecular weight excluding hydrogens is 530 g/mol. The molecule has 3 heteroatoms. The number of rotatable bonds is 1. The van der Waals surface area contributed by atoms with Gasteiger partial charge in [-0.05, 0) is 11.1 Å². The van der Waals surface area contributed by atoms with Crippen LogP contribution in [0.3, 0.4) is 0 Å². The Kier molecular flexibility index (Phi) is 21.4. The van der Waals surface area contributed by atoms with Gasteiger partial charge >= 0.3 is 26.2 Å². The second-order valence-electron chi connectivity index (χ2n) is 9.86. The van der Waals surface area contributed by atoms with Gasteiger partial charge in [0, 0.05) is 9.52 Å². The first-order chi connectivity index (χ1) is 16.9. The van der Waals surface area contributed by atoms with Crippen molar-refractivity contribution >= 4 is 9.52 Å². The quantitative estimate of drug-likeness (QED) is 0.237. The zero-order valence-electron chi connectivity index (χ0n) is 23.9. The zero-order chi connectivity index (χ0) is 25.9. The average Bonchev–Trinajstić information content (AvgIpc) is 3.10. The maximum atomic E-state index is 7.68. The van der Waals surface area contributed by atoms with E-state index < -0.39 is 0 Å². The number of hydrogen-bond donors (Lipinski definition) is 0. The zero-order valence-corrected chi connectivity index (χ0v) is 27.5. The molecule has 2 aromatic rings. The van der Waals surface area contributed by atoms with Gasteiger partial charge in [-0.1, -0.05) is 158 Å². The van der Waals surface area contributed by atoms with E-state index >= 15 is 0 Å². The molecule has 1 unspecified atom stereocenters. The molecule has 1 nitrogen and oxygen atoms in total. The summed E-state index contributed by atoms with van der Waals surface area (Å²) in [5.41, 5.74) is 14.5. The predicted molar refractivity (Wildman–Crippen MR) is 160 cm³/mol. The molecule has 0 aliphatic heterocycles. The summed E-state index contributed by atoms with van der Waals surface area (Å²) in [5, 5.41) is 0. The van der Waals surface area contributed by atoms with Crippen LogP contribution in [-0.2, 0) is 26.2 Å². The summed E-state index contributed by atoms with van der Waals surface area (Å²) in [4.78, 5) is 0. The molecule has 0 bridgehead atoms. The first-order valence-corrected chi connectivity index (χ1v) is 16.0. The minimum absolute atomic E-state index is 0. The van der Waals surface area contributed by atoms with Gasteiger partial charge in [0.15, 0.2) is 0 Å². The fourth-order valence-electron chi connectivity index (χ4n) is 4.23. The summed E-state index contributed by atoms with van der Waals surface area (Å²) >= 11 is 0. The molecule has 0 aromatic heterocycles. The first kappa shape index (κ1) is 35.0. The summed E-state index contributed by atoms with van der Waals surface area (Å²) < 4.78 is 0. The van der Waals surface area contributed by atoms with Crippen LogP contribution in [0.1, 0.15) is 85.5 Å². The molecule has 1 fully saturated rings. The van der Waals surface area contributed by atoms with Crippen molar-refractivity contribution in [1.29, 1.82) is 0 Å². The van der Waals surface area contributed by atoms with Gasteiger partial charge in [-0.15, -0.1) is 13.0 Å². The Morgan fingerprint density at radius 3 is 1.33 bits per heavy atom. The van der Waals surface area contributed by atoms with Crippen molar-refractivity contribution in [2.24, 2.45) is 5.92 Å². The minimum atomic E-state index is 0. The molecule has 2 aromatic carbocycles. The smallest absolute Gasteiger partial charge is 0.675 e. The molecule has 1 saturated carbocycles. The van der Waals surface area contributed by atoms with Crippen LogP contribution in [0, 0.1) is 12.0 Å². The van der Waals surface area contributed by atoms with Crippen molar-refractivity contribution in [2.45, 2.75) is 105 Å². The summed E-state index contributed by atoms with van der Waals surface area (Å²) in [6.45, 7) is 13.1. The van der Waals surface area contributed by atoms with E-state index in [1.165, 1.54) is 72.8 Å². The molecule has 36 heavy (non-hydrogen) atoms. The molecule has 1 radical (unpaired) electrons. The van der Waals surface area contributed by atoms with Crippen LogP contribution in [-0.4, -0.2) is 15.6 Å². The molecule has 1 atom stereocenters. The minimum Gasteiger partial charge on any atom is -0.675 e. The Balaban J connectivity index is 0.000000481. The van der Waals surface area contributed by atoms with Gasteiger partial charge in [-0.2, -0.15) is 11.1 Å². The Morgan fingerprint density at radius 2 is 1.06 bits per heavy atom. The SMILES string of the molecule is CC1=[C-]C(C)C(C)=C1C.C[SiH]C.[NH-]C1CCCCCCCCC1.[Zr+2].c1ccc(-c2ccccc2)cc1. The summed E-state index contributed by atoms with van der Waals surface area (Å²) in [5.74, 6) is 0.560. The average molecular weight is 580 g/mol. The van der Waals surface area contributed by atoms with Gasteiger partial charge in [0.2, 0.25) is 0 Å². The Labute approximate surface area is 245 Å². The summed E-state index contributed by atoms with van der Waals surface area (Å²) in [6.07, 6.45) is 15.3. The fraction of sp³-hybridized carbons (Fsp3) is 0.515. The first-order valence-electron chi connectivity index (χ1n) is 13.7. The van der Waals surface area contributed by atoms with Crippen molar-refractivity contribution in [3.63, 3.8) is 0 Å². The molecule has 0 spiro atoms. The van der Waals surface area contributed by atoms with Crippen LogP contribution >= 0.6 is 0 Å². The topological polar surface area (TPSA) is 23.8 Å². The normalized spacial score (nSPS) is 18.1. The van der Waals surface area contributed by atoms with E-state index in [1.807, 2.05) is 12.1 Å². The Hall–Kier alpha value is -1.02. The maximum Gasteiger partial charge on any atom is 2.00 e. The van der Waals surface area contributed by atoms with Crippen LogP contribution < -0.4 is 0 Å². The van der Waals surface area contributed by atoms with Crippen molar-refractivity contribution in [3.8, 4) is 11.1 Å². The molecular formula is C33H50NSiZr. The van der Waals surface area contributed by atoms with Crippen LogP contribution in [0.15, 0.2) is 77.4 Å². The molecule has 0 amide bonds. The van der Waals surface area contributed by atoms with Gasteiger partial charge in [0.1, 0.15) is 0 Å². The monoisotopic (exact) mass is 578 g/mol. The third kappa shape index (κ3) is 15.3. The Morgan fingerprint density at radius 1 is 0.694 bits per heavy atom. The van der Waals surface area contributed by atoms with E-state index in [4.69, 9.17) is 5.73 Å². The largest absolute Gasteiger partial charge is 2.00 e. The van der Waals surface area contributed by atoms with Gasteiger partial charge in [-0.25, -0.2) is 5.57 Å². The standard InChI is InChI=1S/C12H10.C10H20N.C9H13.C2H7Si.Zr/c1-3-7-11(8-4-1)12-9-5-2-6-10-12;11-10-8-6-4-2-1-3-5-7-9-10;1-6-5-7(2)9(4)8(6)3;1-3-2;/h1-10H;10-11H,1-9H2;6H,1-4H3;3H,1-2H3;/q;2*-1;;+2. The van der Waals surface area contributed by atoms with E-state index in [-0.39, 0.29) is 32.2 Å². The van der Waals surface area contributed by atoms with Crippen molar-refractivity contribution in [2.75, 3.05) is 0 Å². The molecule has 2 aliphatic carbocycles. The predicted octanol–water partition coefficient (Wildman–Crippen LogP) is 10.5. The maximum absolute atomic E-state index is 7.68. The third-order valence-corrected chi connectivity index (χ3v) is 6.72. The number of allylic oxidation sites excluding steroid dienone is 4. The van der Waals surface area contributed by atoms with E-state index in [0.717, 1.165) is 22.4 Å². The van der Waals surface area contributed by atoms with E-state index in [0.29, 0.717) is 5.92 Å². The van der Waals surface area contributed by atoms with Crippen LogP contribution in [0.5, 0.6) is 0 Å². The summed E-state index contributed by atoms with van der Waals surface area (Å²) in [6, 6.07) is 21.0. The van der Waals surface area contributed by atoms with Gasteiger partial charge in [0.05, 0.1) is 0 Å². The molecule has 0 saturated heterocycles. The van der Waals surface area contributed by atoms with Crippen LogP contribution in [0.25, 0.3) is 16.9 Å². The molecule has 195 valence electrons. The van der Waals surface area contributed by atoms with Gasteiger partial charge in [-0.3, -0.25) is 6.08 Å². The van der Waals surface area contributed by atoms with Crippen LogP contribution in [0.2, 0.25) is 13.1 Å². The van der Waals surface area contributed by atoms with Gasteiger partial charge < -0.3 is 5.73 Å².